The molecular weight excluding hydrogens is 134 g/mol. The molecule has 2 aliphatic rings. The number of ether oxygens (including phenoxy) is 2. The van der Waals surface area contributed by atoms with E-state index in [1.165, 1.54) is 0 Å². The zero-order valence-corrected chi connectivity index (χ0v) is 5.58. The monoisotopic (exact) mass is 143 g/mol. The van der Waals surface area contributed by atoms with Crippen molar-refractivity contribution < 1.29 is 14.3 Å². The van der Waals surface area contributed by atoms with E-state index in [0.29, 0.717) is 13.2 Å². The minimum Gasteiger partial charge on any atom is -0.367 e. The van der Waals surface area contributed by atoms with Gasteiger partial charge in [0.15, 0.2) is 6.23 Å². The lowest BCUT2D eigenvalue weighted by Gasteiger charge is -2.27. The van der Waals surface area contributed by atoms with E-state index in [1.54, 1.807) is 4.90 Å². The summed E-state index contributed by atoms with van der Waals surface area (Å²) in [6.07, 6.45) is -0.0961. The normalized spacial score (nSPS) is 32.6. The van der Waals surface area contributed by atoms with Gasteiger partial charge in [-0.2, -0.15) is 0 Å². The fraction of sp³-hybridized carbons (Fsp3) is 0.833. The van der Waals surface area contributed by atoms with Crippen LogP contribution in [-0.4, -0.2) is 43.4 Å². The average molecular weight is 143 g/mol. The highest BCUT2D eigenvalue weighted by atomic mass is 16.6. The van der Waals surface area contributed by atoms with Crippen molar-refractivity contribution in [1.29, 1.82) is 0 Å². The Morgan fingerprint density at radius 1 is 1.60 bits per heavy atom. The molecule has 2 fully saturated rings. The SMILES string of the molecule is O=C1COCC2OCCN12. The van der Waals surface area contributed by atoms with Gasteiger partial charge in [0.1, 0.15) is 6.61 Å². The second-order valence-electron chi connectivity index (χ2n) is 2.43. The maximum atomic E-state index is 11.0. The number of nitrogens with zero attached hydrogens (tertiary/aromatic N) is 1. The molecule has 0 aromatic rings. The van der Waals surface area contributed by atoms with Crippen molar-refractivity contribution in [1.82, 2.24) is 4.90 Å². The highest BCUT2D eigenvalue weighted by Gasteiger charge is 2.33. The predicted molar refractivity (Wildman–Crippen MR) is 32.3 cm³/mol. The third-order valence-electron chi connectivity index (χ3n) is 1.80. The van der Waals surface area contributed by atoms with Gasteiger partial charge in [0, 0.05) is 6.54 Å². The van der Waals surface area contributed by atoms with Crippen LogP contribution in [0.1, 0.15) is 0 Å². The van der Waals surface area contributed by atoms with Crippen LogP contribution in [0.3, 0.4) is 0 Å². The van der Waals surface area contributed by atoms with Gasteiger partial charge in [0.25, 0.3) is 5.91 Å². The van der Waals surface area contributed by atoms with E-state index in [0.717, 1.165) is 6.54 Å². The highest BCUT2D eigenvalue weighted by molar-refractivity contribution is 5.78. The van der Waals surface area contributed by atoms with E-state index in [-0.39, 0.29) is 18.7 Å². The second-order valence-corrected chi connectivity index (χ2v) is 2.43. The molecule has 0 bridgehead atoms. The Labute approximate surface area is 58.7 Å². The molecule has 1 amide bonds. The number of carbonyl (C=O) groups excluding carboxylic acids is 1. The number of amides is 1. The second kappa shape index (κ2) is 2.21. The van der Waals surface area contributed by atoms with E-state index < -0.39 is 0 Å². The lowest BCUT2D eigenvalue weighted by molar-refractivity contribution is -0.156. The molecule has 10 heavy (non-hydrogen) atoms. The zero-order valence-electron chi connectivity index (χ0n) is 5.58. The molecule has 0 aliphatic carbocycles. The minimum atomic E-state index is -0.0961. The number of hydrogen-bond donors (Lipinski definition) is 0. The number of fused-ring (bicyclic) bond motifs is 1. The molecule has 0 aromatic heterocycles. The smallest absolute Gasteiger partial charge is 0.250 e. The Morgan fingerprint density at radius 3 is 3.30 bits per heavy atom. The maximum Gasteiger partial charge on any atom is 0.250 e. The molecule has 4 nitrogen and oxygen atoms in total. The summed E-state index contributed by atoms with van der Waals surface area (Å²) in [6, 6.07) is 0. The topological polar surface area (TPSA) is 38.8 Å². The van der Waals surface area contributed by atoms with Gasteiger partial charge in [-0.3, -0.25) is 4.79 Å². The molecule has 1 unspecified atom stereocenters. The van der Waals surface area contributed by atoms with Gasteiger partial charge < -0.3 is 14.4 Å². The molecule has 0 saturated carbocycles. The number of carbonyl (C=O) groups is 1. The van der Waals surface area contributed by atoms with Crippen LogP contribution in [-0.2, 0) is 14.3 Å². The van der Waals surface area contributed by atoms with Crippen molar-refractivity contribution in [2.75, 3.05) is 26.4 Å². The van der Waals surface area contributed by atoms with E-state index >= 15 is 0 Å². The Balaban J connectivity index is 2.10. The van der Waals surface area contributed by atoms with Crippen LogP contribution < -0.4 is 0 Å². The van der Waals surface area contributed by atoms with Crippen molar-refractivity contribution in [3.63, 3.8) is 0 Å². The zero-order chi connectivity index (χ0) is 6.97. The Kier molecular flexibility index (Phi) is 1.35. The highest BCUT2D eigenvalue weighted by Crippen LogP contribution is 2.14. The number of hydrogen-bond acceptors (Lipinski definition) is 3. The van der Waals surface area contributed by atoms with Gasteiger partial charge in [0.05, 0.1) is 13.2 Å². The first-order valence-corrected chi connectivity index (χ1v) is 3.37. The number of morpholine rings is 1. The molecule has 1 atom stereocenters. The van der Waals surface area contributed by atoms with Crippen LogP contribution in [0.4, 0.5) is 0 Å². The molecule has 4 heteroatoms. The van der Waals surface area contributed by atoms with Gasteiger partial charge in [-0.05, 0) is 0 Å². The largest absolute Gasteiger partial charge is 0.367 e. The van der Waals surface area contributed by atoms with Gasteiger partial charge in [-0.15, -0.1) is 0 Å². The molecule has 2 aliphatic heterocycles. The molecule has 2 saturated heterocycles. The molecule has 2 heterocycles. The van der Waals surface area contributed by atoms with E-state index in [1.807, 2.05) is 0 Å². The van der Waals surface area contributed by atoms with Crippen LogP contribution >= 0.6 is 0 Å². The maximum absolute atomic E-state index is 11.0. The molecule has 0 N–H and O–H groups in total. The van der Waals surface area contributed by atoms with Crippen LogP contribution in [0.25, 0.3) is 0 Å². The fourth-order valence-electron chi connectivity index (χ4n) is 1.27. The summed E-state index contributed by atoms with van der Waals surface area (Å²) in [4.78, 5) is 12.7. The van der Waals surface area contributed by atoms with Crippen LogP contribution in [0, 0.1) is 0 Å². The first-order chi connectivity index (χ1) is 4.88. The summed E-state index contributed by atoms with van der Waals surface area (Å²) in [5.74, 6) is 0.0498. The lowest BCUT2D eigenvalue weighted by atomic mass is 10.4. The molecule has 0 radical (unpaired) electrons. The van der Waals surface area contributed by atoms with Crippen molar-refractivity contribution in [2.45, 2.75) is 6.23 Å². The first-order valence-electron chi connectivity index (χ1n) is 3.37. The van der Waals surface area contributed by atoms with Crippen LogP contribution in [0.2, 0.25) is 0 Å². The summed E-state index contributed by atoms with van der Waals surface area (Å²) < 4.78 is 10.2. The minimum absolute atomic E-state index is 0.0498. The summed E-state index contributed by atoms with van der Waals surface area (Å²) in [6.45, 7) is 2.14. The van der Waals surface area contributed by atoms with E-state index in [4.69, 9.17) is 9.47 Å². The Hall–Kier alpha value is -0.610. The standard InChI is InChI=1S/C6H9NO3/c8-5-3-9-4-6-7(5)1-2-10-6/h6H,1-4H2. The quantitative estimate of drug-likeness (QED) is 0.445. The number of rotatable bonds is 0. The van der Waals surface area contributed by atoms with E-state index in [9.17, 15) is 4.79 Å². The van der Waals surface area contributed by atoms with Crippen molar-refractivity contribution >= 4 is 5.91 Å². The summed E-state index contributed by atoms with van der Waals surface area (Å²) >= 11 is 0. The fourth-order valence-corrected chi connectivity index (χ4v) is 1.27. The molecule has 0 spiro atoms. The van der Waals surface area contributed by atoms with E-state index in [2.05, 4.69) is 0 Å². The van der Waals surface area contributed by atoms with Gasteiger partial charge in [-0.25, -0.2) is 0 Å². The Morgan fingerprint density at radius 2 is 2.50 bits per heavy atom. The average Bonchev–Trinajstić information content (AvgIpc) is 2.36. The van der Waals surface area contributed by atoms with Gasteiger partial charge in [0.2, 0.25) is 0 Å². The molecule has 2 rings (SSSR count). The van der Waals surface area contributed by atoms with Crippen LogP contribution in [0.15, 0.2) is 0 Å². The first kappa shape index (κ1) is 6.12. The third kappa shape index (κ3) is 0.803. The van der Waals surface area contributed by atoms with Crippen LogP contribution in [0.5, 0.6) is 0 Å². The summed E-state index contributed by atoms with van der Waals surface area (Å²) in [7, 11) is 0. The lowest BCUT2D eigenvalue weighted by Crippen LogP contribution is -2.45. The van der Waals surface area contributed by atoms with Gasteiger partial charge in [-0.1, -0.05) is 0 Å². The third-order valence-corrected chi connectivity index (χ3v) is 1.80. The van der Waals surface area contributed by atoms with Gasteiger partial charge >= 0.3 is 0 Å². The molecular formula is C6H9NO3. The summed E-state index contributed by atoms with van der Waals surface area (Å²) in [5, 5.41) is 0. The molecule has 56 valence electrons. The van der Waals surface area contributed by atoms with Crippen molar-refractivity contribution in [2.24, 2.45) is 0 Å². The summed E-state index contributed by atoms with van der Waals surface area (Å²) in [5.41, 5.74) is 0. The predicted octanol–water partition coefficient (Wildman–Crippen LogP) is -0.798. The Bertz CT molecular complexity index is 159. The van der Waals surface area contributed by atoms with Crippen molar-refractivity contribution in [3.05, 3.63) is 0 Å². The molecule has 0 aromatic carbocycles. The van der Waals surface area contributed by atoms with Crippen molar-refractivity contribution in [3.8, 4) is 0 Å².